The van der Waals surface area contributed by atoms with E-state index in [-0.39, 0.29) is 17.6 Å². The fourth-order valence-electron chi connectivity index (χ4n) is 3.75. The molecule has 1 saturated heterocycles. The van der Waals surface area contributed by atoms with E-state index in [1.54, 1.807) is 23.1 Å². The van der Waals surface area contributed by atoms with E-state index in [0.29, 0.717) is 47.7 Å². The van der Waals surface area contributed by atoms with Crippen LogP contribution in [0.2, 0.25) is 5.02 Å². The van der Waals surface area contributed by atoms with Crippen molar-refractivity contribution >= 4 is 29.0 Å². The molecule has 1 aromatic heterocycles. The molecule has 170 valence electrons. The highest BCUT2D eigenvalue weighted by Crippen LogP contribution is 2.30. The van der Waals surface area contributed by atoms with E-state index in [1.165, 1.54) is 24.5 Å². The van der Waals surface area contributed by atoms with Crippen molar-refractivity contribution in [2.75, 3.05) is 24.5 Å². The summed E-state index contributed by atoms with van der Waals surface area (Å²) in [4.78, 5) is 35.8. The Balaban J connectivity index is 1.46. The molecule has 4 rings (SSSR count). The standard InChI is InChI=1S/C23H22ClN5O4/c1-15-6-7-19(24)20(10-15)33-22-12-21(25-14-26-22)27-8-9-28(16(2)13-27)23(30)17-4-3-5-18(11-17)29(31)32/h3-7,10-12,14,16H,8-9,13H2,1-2H3/t16-/m0/s1. The molecular formula is C23H22ClN5O4. The molecule has 1 aliphatic heterocycles. The molecule has 0 bridgehead atoms. The van der Waals surface area contributed by atoms with Crippen molar-refractivity contribution in [1.82, 2.24) is 14.9 Å². The van der Waals surface area contributed by atoms with E-state index < -0.39 is 4.92 Å². The van der Waals surface area contributed by atoms with Crippen molar-refractivity contribution in [2.24, 2.45) is 0 Å². The Morgan fingerprint density at radius 3 is 2.76 bits per heavy atom. The van der Waals surface area contributed by atoms with Crippen molar-refractivity contribution in [3.05, 3.63) is 81.1 Å². The number of anilines is 1. The number of hydrogen-bond acceptors (Lipinski definition) is 7. The first-order valence-electron chi connectivity index (χ1n) is 10.4. The average Bonchev–Trinajstić information content (AvgIpc) is 2.81. The summed E-state index contributed by atoms with van der Waals surface area (Å²) in [6.45, 7) is 5.43. The molecule has 0 unspecified atom stereocenters. The molecule has 1 atom stereocenters. The second-order valence-corrected chi connectivity index (χ2v) is 8.26. The lowest BCUT2D eigenvalue weighted by molar-refractivity contribution is -0.384. The Kier molecular flexibility index (Phi) is 6.41. The summed E-state index contributed by atoms with van der Waals surface area (Å²) in [5.41, 5.74) is 1.22. The van der Waals surface area contributed by atoms with E-state index >= 15 is 0 Å². The average molecular weight is 468 g/mol. The number of carbonyl (C=O) groups is 1. The highest BCUT2D eigenvalue weighted by atomic mass is 35.5. The van der Waals surface area contributed by atoms with Crippen LogP contribution >= 0.6 is 11.6 Å². The van der Waals surface area contributed by atoms with Crippen molar-refractivity contribution in [2.45, 2.75) is 19.9 Å². The van der Waals surface area contributed by atoms with Crippen LogP contribution in [-0.4, -0.2) is 51.4 Å². The number of nitro benzene ring substituents is 1. The molecule has 0 N–H and O–H groups in total. The lowest BCUT2D eigenvalue weighted by atomic mass is 10.1. The number of amides is 1. The van der Waals surface area contributed by atoms with E-state index in [2.05, 4.69) is 9.97 Å². The second kappa shape index (κ2) is 9.41. The van der Waals surface area contributed by atoms with E-state index in [9.17, 15) is 14.9 Å². The molecule has 2 aromatic carbocycles. The SMILES string of the molecule is Cc1ccc(Cl)c(Oc2cc(N3CCN(C(=O)c4cccc([N+](=O)[O-])c4)[C@@H](C)C3)ncn2)c1. The molecule has 0 radical (unpaired) electrons. The second-order valence-electron chi connectivity index (χ2n) is 7.85. The maximum Gasteiger partial charge on any atom is 0.270 e. The zero-order valence-corrected chi connectivity index (χ0v) is 18.9. The van der Waals surface area contributed by atoms with Gasteiger partial charge in [0.2, 0.25) is 5.88 Å². The van der Waals surface area contributed by atoms with Gasteiger partial charge in [0.15, 0.2) is 0 Å². The van der Waals surface area contributed by atoms with Gasteiger partial charge in [-0.2, -0.15) is 0 Å². The number of aryl methyl sites for hydroxylation is 1. The molecule has 1 amide bonds. The predicted octanol–water partition coefficient (Wildman–Crippen LogP) is 4.49. The molecule has 0 aliphatic carbocycles. The lowest BCUT2D eigenvalue weighted by Crippen LogP contribution is -2.54. The van der Waals surface area contributed by atoms with E-state index in [0.717, 1.165) is 5.56 Å². The molecule has 3 aromatic rings. The fourth-order valence-corrected chi connectivity index (χ4v) is 3.90. The van der Waals surface area contributed by atoms with Crippen LogP contribution in [0.25, 0.3) is 0 Å². The Morgan fingerprint density at radius 1 is 1.18 bits per heavy atom. The van der Waals surface area contributed by atoms with Crippen LogP contribution in [0.3, 0.4) is 0 Å². The summed E-state index contributed by atoms with van der Waals surface area (Å²) in [6.07, 6.45) is 1.43. The van der Waals surface area contributed by atoms with Crippen molar-refractivity contribution in [3.8, 4) is 11.6 Å². The first-order chi connectivity index (χ1) is 15.8. The number of benzene rings is 2. The van der Waals surface area contributed by atoms with Crippen LogP contribution in [0.5, 0.6) is 11.6 Å². The Morgan fingerprint density at radius 2 is 2.00 bits per heavy atom. The third-order valence-corrected chi connectivity index (χ3v) is 5.76. The number of aromatic nitrogens is 2. The number of non-ortho nitro benzene ring substituents is 1. The number of rotatable bonds is 5. The highest BCUT2D eigenvalue weighted by molar-refractivity contribution is 6.32. The van der Waals surface area contributed by atoms with E-state index in [1.807, 2.05) is 30.9 Å². The Hall–Kier alpha value is -3.72. The third-order valence-electron chi connectivity index (χ3n) is 5.45. The highest BCUT2D eigenvalue weighted by Gasteiger charge is 2.29. The summed E-state index contributed by atoms with van der Waals surface area (Å²) in [5.74, 6) is 1.34. The molecule has 10 heteroatoms. The first-order valence-corrected chi connectivity index (χ1v) is 10.8. The Bertz CT molecular complexity index is 1200. The van der Waals surface area contributed by atoms with Crippen molar-refractivity contribution in [3.63, 3.8) is 0 Å². The number of carbonyl (C=O) groups excluding carboxylic acids is 1. The van der Waals surface area contributed by atoms with Crippen LogP contribution in [0.1, 0.15) is 22.8 Å². The number of nitrogens with zero attached hydrogens (tertiary/aromatic N) is 5. The quantitative estimate of drug-likeness (QED) is 0.402. The third kappa shape index (κ3) is 5.04. The van der Waals surface area contributed by atoms with Crippen molar-refractivity contribution in [1.29, 1.82) is 0 Å². The van der Waals surface area contributed by atoms with Gasteiger partial charge in [-0.05, 0) is 37.6 Å². The van der Waals surface area contributed by atoms with Crippen LogP contribution in [0.15, 0.2) is 54.9 Å². The number of nitro groups is 1. The molecule has 1 fully saturated rings. The van der Waals surface area contributed by atoms with Gasteiger partial charge in [-0.25, -0.2) is 9.97 Å². The van der Waals surface area contributed by atoms with Crippen LogP contribution in [0, 0.1) is 17.0 Å². The molecule has 0 saturated carbocycles. The summed E-state index contributed by atoms with van der Waals surface area (Å²) < 4.78 is 5.87. The summed E-state index contributed by atoms with van der Waals surface area (Å²) in [5, 5.41) is 11.5. The summed E-state index contributed by atoms with van der Waals surface area (Å²) >= 11 is 6.22. The van der Waals surface area contributed by atoms with Crippen LogP contribution < -0.4 is 9.64 Å². The van der Waals surface area contributed by atoms with Gasteiger partial charge in [-0.3, -0.25) is 14.9 Å². The number of halogens is 1. The van der Waals surface area contributed by atoms with Gasteiger partial charge < -0.3 is 14.5 Å². The van der Waals surface area contributed by atoms with Gasteiger partial charge in [0.1, 0.15) is 17.9 Å². The summed E-state index contributed by atoms with van der Waals surface area (Å²) in [7, 11) is 0. The van der Waals surface area contributed by atoms with Gasteiger partial charge in [-0.15, -0.1) is 0 Å². The van der Waals surface area contributed by atoms with Crippen molar-refractivity contribution < 1.29 is 14.5 Å². The van der Waals surface area contributed by atoms with Gasteiger partial charge in [0.25, 0.3) is 11.6 Å². The largest absolute Gasteiger partial charge is 0.437 e. The number of ether oxygens (including phenoxy) is 1. The van der Waals surface area contributed by atoms with Gasteiger partial charge in [0, 0.05) is 49.4 Å². The molecule has 0 spiro atoms. The molecule has 2 heterocycles. The topological polar surface area (TPSA) is 102 Å². The maximum atomic E-state index is 13.0. The minimum absolute atomic E-state index is 0.102. The first kappa shape index (κ1) is 22.5. The maximum absolute atomic E-state index is 13.0. The van der Waals surface area contributed by atoms with Crippen LogP contribution in [-0.2, 0) is 0 Å². The Labute approximate surface area is 195 Å². The fraction of sp³-hybridized carbons (Fsp3) is 0.261. The number of hydrogen-bond donors (Lipinski definition) is 0. The number of piperazine rings is 1. The predicted molar refractivity (Wildman–Crippen MR) is 124 cm³/mol. The van der Waals surface area contributed by atoms with Gasteiger partial charge in [0.05, 0.1) is 9.95 Å². The zero-order valence-electron chi connectivity index (χ0n) is 18.1. The summed E-state index contributed by atoms with van der Waals surface area (Å²) in [6, 6.07) is 12.9. The smallest absolute Gasteiger partial charge is 0.270 e. The minimum atomic E-state index is -0.503. The zero-order chi connectivity index (χ0) is 23.5. The van der Waals surface area contributed by atoms with E-state index in [4.69, 9.17) is 16.3 Å². The van der Waals surface area contributed by atoms with Crippen LogP contribution in [0.4, 0.5) is 11.5 Å². The normalized spacial score (nSPS) is 15.9. The molecule has 33 heavy (non-hydrogen) atoms. The lowest BCUT2D eigenvalue weighted by Gasteiger charge is -2.40. The van der Waals surface area contributed by atoms with Gasteiger partial charge >= 0.3 is 0 Å². The monoisotopic (exact) mass is 467 g/mol. The minimum Gasteiger partial charge on any atom is -0.437 e. The van der Waals surface area contributed by atoms with Gasteiger partial charge in [-0.1, -0.05) is 23.7 Å². The molecule has 1 aliphatic rings. The molecular weight excluding hydrogens is 446 g/mol. The molecule has 9 nitrogen and oxygen atoms in total.